The van der Waals surface area contributed by atoms with Gasteiger partial charge in [-0.05, 0) is 51.0 Å². The van der Waals surface area contributed by atoms with Crippen LogP contribution in [0.15, 0.2) is 29.2 Å². The molecule has 1 saturated heterocycles. The molecule has 0 spiro atoms. The normalized spacial score (nSPS) is 14.8. The molecule has 0 atom stereocenters. The highest BCUT2D eigenvalue weighted by Crippen LogP contribution is 2.32. The van der Waals surface area contributed by atoms with E-state index >= 15 is 0 Å². The summed E-state index contributed by atoms with van der Waals surface area (Å²) in [4.78, 5) is 14.4. The van der Waals surface area contributed by atoms with Crippen LogP contribution in [-0.2, 0) is 10.0 Å². The van der Waals surface area contributed by atoms with Gasteiger partial charge in [-0.1, -0.05) is 6.42 Å². The first kappa shape index (κ1) is 25.0. The van der Waals surface area contributed by atoms with Crippen LogP contribution in [-0.4, -0.2) is 44.8 Å². The standard InChI is InChI=1S/C22H25F4N3O3S/c1-3-28(4-2)18-9-8-14(33(31,32)29-10-6-5-7-11-29)12-17(18)27-22(30)15-13-16(23)20(25)21(26)19(15)24/h8-9,12-13H,3-7,10-11H2,1-2H3,(H,27,30). The van der Waals surface area contributed by atoms with Crippen molar-refractivity contribution in [1.29, 1.82) is 0 Å². The highest BCUT2D eigenvalue weighted by molar-refractivity contribution is 7.89. The van der Waals surface area contributed by atoms with Crippen LogP contribution < -0.4 is 10.2 Å². The lowest BCUT2D eigenvalue weighted by atomic mass is 10.1. The van der Waals surface area contributed by atoms with Gasteiger partial charge in [0.15, 0.2) is 23.3 Å². The number of nitrogens with one attached hydrogen (secondary N) is 1. The molecule has 11 heteroatoms. The van der Waals surface area contributed by atoms with E-state index in [-0.39, 0.29) is 16.6 Å². The summed E-state index contributed by atoms with van der Waals surface area (Å²) in [5, 5.41) is 2.35. The van der Waals surface area contributed by atoms with Crippen LogP contribution in [0.2, 0.25) is 0 Å². The summed E-state index contributed by atoms with van der Waals surface area (Å²) in [6.07, 6.45) is 2.41. The Morgan fingerprint density at radius 1 is 0.970 bits per heavy atom. The van der Waals surface area contributed by atoms with Gasteiger partial charge in [0.2, 0.25) is 10.0 Å². The maximum atomic E-state index is 14.1. The number of carbonyl (C=O) groups excluding carboxylic acids is 1. The van der Waals surface area contributed by atoms with Gasteiger partial charge in [-0.3, -0.25) is 4.79 Å². The van der Waals surface area contributed by atoms with Crippen molar-refractivity contribution in [1.82, 2.24) is 4.31 Å². The molecule has 1 amide bonds. The zero-order chi connectivity index (χ0) is 24.3. The van der Waals surface area contributed by atoms with Crippen LogP contribution >= 0.6 is 0 Å². The maximum absolute atomic E-state index is 14.1. The number of sulfonamides is 1. The largest absolute Gasteiger partial charge is 0.370 e. The van der Waals surface area contributed by atoms with Crippen LogP contribution in [0.4, 0.5) is 28.9 Å². The number of hydrogen-bond acceptors (Lipinski definition) is 4. The Morgan fingerprint density at radius 2 is 1.61 bits per heavy atom. The van der Waals surface area contributed by atoms with E-state index in [9.17, 15) is 30.8 Å². The maximum Gasteiger partial charge on any atom is 0.258 e. The number of halogens is 4. The van der Waals surface area contributed by atoms with Crippen LogP contribution in [0, 0.1) is 23.3 Å². The summed E-state index contributed by atoms with van der Waals surface area (Å²) in [6, 6.07) is 4.44. The molecule has 1 N–H and O–H groups in total. The molecule has 3 rings (SSSR count). The van der Waals surface area contributed by atoms with E-state index in [1.165, 1.54) is 22.5 Å². The molecule has 1 heterocycles. The number of piperidine rings is 1. The van der Waals surface area contributed by atoms with E-state index in [4.69, 9.17) is 0 Å². The molecule has 2 aromatic carbocycles. The number of benzene rings is 2. The van der Waals surface area contributed by atoms with Crippen LogP contribution in [0.5, 0.6) is 0 Å². The fourth-order valence-corrected chi connectivity index (χ4v) is 5.34. The van der Waals surface area contributed by atoms with Gasteiger partial charge in [0.05, 0.1) is 21.8 Å². The number of hydrogen-bond donors (Lipinski definition) is 1. The van der Waals surface area contributed by atoms with Crippen molar-refractivity contribution in [3.63, 3.8) is 0 Å². The minimum absolute atomic E-state index is 0.0197. The molecule has 1 fully saturated rings. The Balaban J connectivity index is 2.05. The van der Waals surface area contributed by atoms with E-state index < -0.39 is 44.8 Å². The number of nitrogens with zero attached hydrogens (tertiary/aromatic N) is 2. The number of rotatable bonds is 7. The second kappa shape index (κ2) is 10.1. The van der Waals surface area contributed by atoms with Crippen LogP contribution in [0.1, 0.15) is 43.5 Å². The monoisotopic (exact) mass is 487 g/mol. The number of amides is 1. The van der Waals surface area contributed by atoms with Crippen LogP contribution in [0.3, 0.4) is 0 Å². The van der Waals surface area contributed by atoms with Crippen molar-refractivity contribution >= 4 is 27.3 Å². The van der Waals surface area contributed by atoms with Crippen molar-refractivity contribution in [3.05, 3.63) is 53.1 Å². The second-order valence-electron chi connectivity index (χ2n) is 7.62. The van der Waals surface area contributed by atoms with Gasteiger partial charge in [-0.2, -0.15) is 4.31 Å². The minimum atomic E-state index is -3.85. The highest BCUT2D eigenvalue weighted by Gasteiger charge is 2.28. The summed E-state index contributed by atoms with van der Waals surface area (Å²) >= 11 is 0. The van der Waals surface area contributed by atoms with Gasteiger partial charge < -0.3 is 10.2 Å². The molecule has 0 aromatic heterocycles. The average molecular weight is 488 g/mol. The predicted octanol–water partition coefficient (Wildman–Crippen LogP) is 4.52. The highest BCUT2D eigenvalue weighted by atomic mass is 32.2. The molecule has 33 heavy (non-hydrogen) atoms. The smallest absolute Gasteiger partial charge is 0.258 e. The molecular formula is C22H25F4N3O3S. The SMILES string of the molecule is CCN(CC)c1ccc(S(=O)(=O)N2CCCCC2)cc1NC(=O)c1cc(F)c(F)c(F)c1F. The van der Waals surface area contributed by atoms with Gasteiger partial charge in [0, 0.05) is 26.2 Å². The Bertz CT molecular complexity index is 1150. The molecule has 180 valence electrons. The zero-order valence-corrected chi connectivity index (χ0v) is 19.1. The lowest BCUT2D eigenvalue weighted by Gasteiger charge is -2.28. The lowest BCUT2D eigenvalue weighted by Crippen LogP contribution is -2.35. The molecule has 2 aromatic rings. The van der Waals surface area contributed by atoms with Crippen molar-refractivity contribution in [2.24, 2.45) is 0 Å². The molecule has 6 nitrogen and oxygen atoms in total. The van der Waals surface area contributed by atoms with Crippen molar-refractivity contribution in [2.45, 2.75) is 38.0 Å². The van der Waals surface area contributed by atoms with Gasteiger partial charge >= 0.3 is 0 Å². The Morgan fingerprint density at radius 3 is 2.21 bits per heavy atom. The summed E-state index contributed by atoms with van der Waals surface area (Å²) in [7, 11) is -3.85. The molecule has 1 aliphatic heterocycles. The van der Waals surface area contributed by atoms with Crippen molar-refractivity contribution in [3.8, 4) is 0 Å². The Labute approximate surface area is 190 Å². The summed E-state index contributed by atoms with van der Waals surface area (Å²) in [6.45, 7) is 5.45. The third-order valence-corrected chi connectivity index (χ3v) is 7.52. The Kier molecular flexibility index (Phi) is 7.63. The number of carbonyl (C=O) groups is 1. The molecular weight excluding hydrogens is 462 g/mol. The van der Waals surface area contributed by atoms with Gasteiger partial charge in [-0.15, -0.1) is 0 Å². The van der Waals surface area contributed by atoms with E-state index in [0.29, 0.717) is 31.9 Å². The first-order valence-electron chi connectivity index (χ1n) is 10.6. The quantitative estimate of drug-likeness (QED) is 0.354. The minimum Gasteiger partial charge on any atom is -0.370 e. The number of anilines is 2. The molecule has 0 radical (unpaired) electrons. The third-order valence-electron chi connectivity index (χ3n) is 5.62. The van der Waals surface area contributed by atoms with Crippen molar-refractivity contribution < 1.29 is 30.8 Å². The van der Waals surface area contributed by atoms with E-state index in [1.54, 1.807) is 0 Å². The first-order valence-corrected chi connectivity index (χ1v) is 12.1. The van der Waals surface area contributed by atoms with Gasteiger partial charge in [0.1, 0.15) is 0 Å². The first-order chi connectivity index (χ1) is 15.6. The fourth-order valence-electron chi connectivity index (χ4n) is 3.80. The third kappa shape index (κ3) is 4.98. The van der Waals surface area contributed by atoms with E-state index in [2.05, 4.69) is 5.32 Å². The van der Waals surface area contributed by atoms with Gasteiger partial charge in [-0.25, -0.2) is 26.0 Å². The van der Waals surface area contributed by atoms with Crippen molar-refractivity contribution in [2.75, 3.05) is 36.4 Å². The molecule has 0 unspecified atom stereocenters. The fraction of sp³-hybridized carbons (Fsp3) is 0.409. The Hall–Kier alpha value is -2.66. The van der Waals surface area contributed by atoms with E-state index in [1.807, 2.05) is 18.7 Å². The molecule has 0 aliphatic carbocycles. The molecule has 0 bridgehead atoms. The topological polar surface area (TPSA) is 69.7 Å². The molecule has 0 saturated carbocycles. The summed E-state index contributed by atoms with van der Waals surface area (Å²) in [5.41, 5.74) is -0.582. The second-order valence-corrected chi connectivity index (χ2v) is 9.56. The lowest BCUT2D eigenvalue weighted by molar-refractivity contribution is 0.102. The average Bonchev–Trinajstić information content (AvgIpc) is 2.82. The summed E-state index contributed by atoms with van der Waals surface area (Å²) < 4.78 is 82.2. The summed E-state index contributed by atoms with van der Waals surface area (Å²) in [5.74, 6) is -8.93. The van der Waals surface area contributed by atoms with E-state index in [0.717, 1.165) is 19.3 Å². The zero-order valence-electron chi connectivity index (χ0n) is 18.3. The predicted molar refractivity (Wildman–Crippen MR) is 117 cm³/mol. The molecule has 1 aliphatic rings. The van der Waals surface area contributed by atoms with Gasteiger partial charge in [0.25, 0.3) is 5.91 Å². The van der Waals surface area contributed by atoms with Crippen LogP contribution in [0.25, 0.3) is 0 Å².